The van der Waals surface area contributed by atoms with Crippen molar-refractivity contribution in [3.05, 3.63) is 53.6 Å². The third-order valence-electron chi connectivity index (χ3n) is 3.67. The van der Waals surface area contributed by atoms with Crippen molar-refractivity contribution < 1.29 is 17.9 Å². The molecule has 2 N–H and O–H groups in total. The molecule has 0 bridgehead atoms. The Bertz CT molecular complexity index is 878. The highest BCUT2D eigenvalue weighted by atomic mass is 32.2. The number of ether oxygens (including phenoxy) is 1. The Morgan fingerprint density at radius 3 is 2.83 bits per heavy atom. The van der Waals surface area contributed by atoms with Crippen molar-refractivity contribution in [2.45, 2.75) is 24.8 Å². The number of hydrogen-bond acceptors (Lipinski definition) is 4. The second kappa shape index (κ2) is 6.62. The summed E-state index contributed by atoms with van der Waals surface area (Å²) >= 11 is 0. The number of carbonyl (C=O) groups excluding carboxylic acids is 1. The van der Waals surface area contributed by atoms with Gasteiger partial charge in [-0.2, -0.15) is 0 Å². The first kappa shape index (κ1) is 16.5. The van der Waals surface area contributed by atoms with Crippen LogP contribution in [0.25, 0.3) is 0 Å². The molecule has 2 aromatic carbocycles. The number of fused-ring (bicyclic) bond motifs is 1. The fourth-order valence-electron chi connectivity index (χ4n) is 2.42. The number of sulfonamides is 1. The van der Waals surface area contributed by atoms with Gasteiger partial charge in [0.25, 0.3) is 0 Å². The maximum atomic E-state index is 12.3. The topological polar surface area (TPSA) is 84.5 Å². The maximum Gasteiger partial charge on any atom is 0.240 e. The lowest BCUT2D eigenvalue weighted by Crippen LogP contribution is -2.23. The van der Waals surface area contributed by atoms with Crippen LogP contribution in [0.4, 0.5) is 5.69 Å². The van der Waals surface area contributed by atoms with Gasteiger partial charge in [0, 0.05) is 6.54 Å². The van der Waals surface area contributed by atoms with E-state index in [2.05, 4.69) is 10.0 Å². The molecule has 0 saturated carbocycles. The number of amides is 1. The van der Waals surface area contributed by atoms with E-state index < -0.39 is 10.0 Å². The molecule has 1 aliphatic rings. The van der Waals surface area contributed by atoms with Crippen molar-refractivity contribution >= 4 is 21.6 Å². The average Bonchev–Trinajstić information content (AvgIpc) is 2.73. The minimum absolute atomic E-state index is 0.119. The van der Waals surface area contributed by atoms with E-state index in [-0.39, 0.29) is 17.3 Å². The SMILES string of the molecule is Cc1cccc(S(=O)(=O)NCc2ccc3c(c2)NC(=O)CCO3)c1. The predicted octanol–water partition coefficient (Wildman–Crippen LogP) is 2.19. The highest BCUT2D eigenvalue weighted by Gasteiger charge is 2.16. The maximum absolute atomic E-state index is 12.3. The van der Waals surface area contributed by atoms with Gasteiger partial charge in [-0.3, -0.25) is 4.79 Å². The summed E-state index contributed by atoms with van der Waals surface area (Å²) in [6.07, 6.45) is 0.296. The Labute approximate surface area is 140 Å². The molecule has 126 valence electrons. The fraction of sp³-hybridized carbons (Fsp3) is 0.235. The van der Waals surface area contributed by atoms with E-state index in [1.54, 1.807) is 36.4 Å². The van der Waals surface area contributed by atoms with E-state index in [1.165, 1.54) is 0 Å². The minimum atomic E-state index is -3.59. The molecule has 0 atom stereocenters. The van der Waals surface area contributed by atoms with Crippen molar-refractivity contribution in [2.75, 3.05) is 11.9 Å². The fourth-order valence-corrected chi connectivity index (χ4v) is 3.54. The minimum Gasteiger partial charge on any atom is -0.491 e. The predicted molar refractivity (Wildman–Crippen MR) is 90.4 cm³/mol. The van der Waals surface area contributed by atoms with Crippen LogP contribution in [-0.4, -0.2) is 20.9 Å². The Morgan fingerprint density at radius 1 is 1.21 bits per heavy atom. The Kier molecular flexibility index (Phi) is 4.55. The van der Waals surface area contributed by atoms with E-state index in [1.807, 2.05) is 13.0 Å². The third kappa shape index (κ3) is 3.74. The molecule has 7 heteroatoms. The standard InChI is InChI=1S/C17H18N2O4S/c1-12-3-2-4-14(9-12)24(21,22)18-11-13-5-6-16-15(10-13)19-17(20)7-8-23-16/h2-6,9-10,18H,7-8,11H2,1H3,(H,19,20). The van der Waals surface area contributed by atoms with E-state index >= 15 is 0 Å². The Morgan fingerprint density at radius 2 is 2.04 bits per heavy atom. The zero-order valence-corrected chi connectivity index (χ0v) is 14.0. The number of rotatable bonds is 4. The van der Waals surface area contributed by atoms with Crippen LogP contribution in [0, 0.1) is 6.92 Å². The van der Waals surface area contributed by atoms with Gasteiger partial charge in [0.05, 0.1) is 23.6 Å². The second-order valence-electron chi connectivity index (χ2n) is 5.62. The summed E-state index contributed by atoms with van der Waals surface area (Å²) in [6.45, 7) is 2.30. The summed E-state index contributed by atoms with van der Waals surface area (Å²) < 4.78 is 32.7. The summed E-state index contributed by atoms with van der Waals surface area (Å²) in [5, 5.41) is 2.76. The van der Waals surface area contributed by atoms with E-state index in [0.717, 1.165) is 11.1 Å². The van der Waals surface area contributed by atoms with Crippen LogP contribution in [0.2, 0.25) is 0 Å². The van der Waals surface area contributed by atoms with Gasteiger partial charge < -0.3 is 10.1 Å². The van der Waals surface area contributed by atoms with Crippen LogP contribution < -0.4 is 14.8 Å². The van der Waals surface area contributed by atoms with Crippen LogP contribution in [0.5, 0.6) is 5.75 Å². The van der Waals surface area contributed by atoms with Crippen LogP contribution in [0.1, 0.15) is 17.5 Å². The number of benzene rings is 2. The number of anilines is 1. The van der Waals surface area contributed by atoms with Gasteiger partial charge in [0.1, 0.15) is 5.75 Å². The van der Waals surface area contributed by atoms with Crippen molar-refractivity contribution in [3.63, 3.8) is 0 Å². The molecule has 0 radical (unpaired) electrons. The lowest BCUT2D eigenvalue weighted by Gasteiger charge is -2.11. The molecule has 0 aromatic heterocycles. The average molecular weight is 346 g/mol. The summed E-state index contributed by atoms with van der Waals surface area (Å²) in [5.74, 6) is 0.470. The lowest BCUT2D eigenvalue weighted by atomic mass is 10.2. The van der Waals surface area contributed by atoms with Gasteiger partial charge in [-0.05, 0) is 42.3 Å². The van der Waals surface area contributed by atoms with E-state index in [9.17, 15) is 13.2 Å². The first-order valence-electron chi connectivity index (χ1n) is 7.56. The molecule has 3 rings (SSSR count). The molecule has 1 heterocycles. The van der Waals surface area contributed by atoms with Gasteiger partial charge in [-0.1, -0.05) is 18.2 Å². The highest BCUT2D eigenvalue weighted by molar-refractivity contribution is 7.89. The van der Waals surface area contributed by atoms with Gasteiger partial charge >= 0.3 is 0 Å². The van der Waals surface area contributed by atoms with Crippen LogP contribution in [0.3, 0.4) is 0 Å². The second-order valence-corrected chi connectivity index (χ2v) is 7.39. The molecule has 1 aliphatic heterocycles. The molecule has 0 aliphatic carbocycles. The largest absolute Gasteiger partial charge is 0.491 e. The monoisotopic (exact) mass is 346 g/mol. The van der Waals surface area contributed by atoms with Crippen LogP contribution in [-0.2, 0) is 21.4 Å². The molecule has 6 nitrogen and oxygen atoms in total. The zero-order chi connectivity index (χ0) is 17.2. The van der Waals surface area contributed by atoms with Gasteiger partial charge in [-0.25, -0.2) is 13.1 Å². The lowest BCUT2D eigenvalue weighted by molar-refractivity contribution is -0.116. The van der Waals surface area contributed by atoms with Crippen molar-refractivity contribution in [1.29, 1.82) is 0 Å². The first-order valence-corrected chi connectivity index (χ1v) is 9.04. The molecule has 0 fully saturated rings. The molecule has 2 aromatic rings. The number of carbonyl (C=O) groups is 1. The van der Waals surface area contributed by atoms with E-state index in [0.29, 0.717) is 24.5 Å². The van der Waals surface area contributed by atoms with Crippen molar-refractivity contribution in [3.8, 4) is 5.75 Å². The number of aryl methyl sites for hydroxylation is 1. The molecule has 0 saturated heterocycles. The molecule has 1 amide bonds. The quantitative estimate of drug-likeness (QED) is 0.889. The summed E-state index contributed by atoms with van der Waals surface area (Å²) in [6, 6.07) is 11.9. The molecule has 0 spiro atoms. The zero-order valence-electron chi connectivity index (χ0n) is 13.2. The summed E-state index contributed by atoms with van der Waals surface area (Å²) in [7, 11) is -3.59. The van der Waals surface area contributed by atoms with E-state index in [4.69, 9.17) is 4.74 Å². The number of nitrogens with one attached hydrogen (secondary N) is 2. The molecular weight excluding hydrogens is 328 g/mol. The van der Waals surface area contributed by atoms with Gasteiger partial charge in [-0.15, -0.1) is 0 Å². The summed E-state index contributed by atoms with van der Waals surface area (Å²) in [5.41, 5.74) is 2.17. The third-order valence-corrected chi connectivity index (χ3v) is 5.07. The number of hydrogen-bond donors (Lipinski definition) is 2. The molecular formula is C17H18N2O4S. The smallest absolute Gasteiger partial charge is 0.240 e. The Balaban J connectivity index is 1.76. The first-order chi connectivity index (χ1) is 11.4. The van der Waals surface area contributed by atoms with Crippen molar-refractivity contribution in [1.82, 2.24) is 4.72 Å². The summed E-state index contributed by atoms with van der Waals surface area (Å²) in [4.78, 5) is 11.8. The van der Waals surface area contributed by atoms with Gasteiger partial charge in [0.15, 0.2) is 0 Å². The Hall–Kier alpha value is -2.38. The molecule has 24 heavy (non-hydrogen) atoms. The molecule has 0 unspecified atom stereocenters. The normalized spacial score (nSPS) is 14.3. The van der Waals surface area contributed by atoms with Crippen LogP contribution in [0.15, 0.2) is 47.4 Å². The van der Waals surface area contributed by atoms with Crippen molar-refractivity contribution in [2.24, 2.45) is 0 Å². The highest BCUT2D eigenvalue weighted by Crippen LogP contribution is 2.28. The van der Waals surface area contributed by atoms with Crippen LogP contribution >= 0.6 is 0 Å². The van der Waals surface area contributed by atoms with Gasteiger partial charge in [0.2, 0.25) is 15.9 Å².